The summed E-state index contributed by atoms with van der Waals surface area (Å²) in [4.78, 5) is 27.0. The number of nitrogens with two attached hydrogens (primary N) is 1. The van der Waals surface area contributed by atoms with Gasteiger partial charge in [0.15, 0.2) is 5.82 Å². The Balaban J connectivity index is 1.63. The highest BCUT2D eigenvalue weighted by atomic mass is 32.1. The van der Waals surface area contributed by atoms with Gasteiger partial charge in [-0.1, -0.05) is 6.07 Å². The fraction of sp³-hybridized carbons (Fsp3) is 0.200. The van der Waals surface area contributed by atoms with E-state index in [1.165, 1.54) is 4.88 Å². The van der Waals surface area contributed by atoms with Crippen molar-refractivity contribution in [3.8, 4) is 17.4 Å². The molecule has 4 aromatic heterocycles. The van der Waals surface area contributed by atoms with Gasteiger partial charge in [0.05, 0.1) is 30.0 Å². The average molecular weight is 406 g/mol. The number of anilines is 1. The Morgan fingerprint density at radius 2 is 2.21 bits per heavy atom. The lowest BCUT2D eigenvalue weighted by Crippen LogP contribution is -2.12. The number of hydrogen-bond acceptors (Lipinski definition) is 7. The third kappa shape index (κ3) is 2.99. The van der Waals surface area contributed by atoms with Crippen molar-refractivity contribution in [1.29, 1.82) is 0 Å². The Morgan fingerprint density at radius 1 is 1.31 bits per heavy atom. The first kappa shape index (κ1) is 17.6. The minimum Gasteiger partial charge on any atom is -0.477 e. The summed E-state index contributed by atoms with van der Waals surface area (Å²) in [6, 6.07) is 7.53. The van der Waals surface area contributed by atoms with Crippen LogP contribution in [0.25, 0.3) is 17.2 Å². The number of pyridine rings is 1. The molecule has 0 bridgehead atoms. The van der Waals surface area contributed by atoms with Crippen LogP contribution in [0, 0.1) is 6.92 Å². The van der Waals surface area contributed by atoms with Crippen LogP contribution in [0.15, 0.2) is 35.8 Å². The fourth-order valence-corrected chi connectivity index (χ4v) is 4.18. The maximum atomic E-state index is 11.8. The summed E-state index contributed by atoms with van der Waals surface area (Å²) < 4.78 is 7.54. The first-order valence-electron chi connectivity index (χ1n) is 9.19. The van der Waals surface area contributed by atoms with Crippen LogP contribution in [0.2, 0.25) is 0 Å². The van der Waals surface area contributed by atoms with Crippen molar-refractivity contribution in [2.24, 2.45) is 5.73 Å². The van der Waals surface area contributed by atoms with Gasteiger partial charge < -0.3 is 15.8 Å². The van der Waals surface area contributed by atoms with Gasteiger partial charge in [-0.15, -0.1) is 11.3 Å². The topological polar surface area (TPSA) is 107 Å². The first-order valence-corrected chi connectivity index (χ1v) is 10.1. The summed E-state index contributed by atoms with van der Waals surface area (Å²) in [5.41, 5.74) is 8.76. The largest absolute Gasteiger partial charge is 0.477 e. The number of rotatable bonds is 5. The average Bonchev–Trinajstić information content (AvgIpc) is 3.44. The number of thiophene rings is 1. The SMILES string of the molecule is Cc1nc2c(C(N)=O)cccn2c1-c1nc(NCc2cccs2)c2c(n1)OCC2. The van der Waals surface area contributed by atoms with E-state index in [1.54, 1.807) is 27.9 Å². The van der Waals surface area contributed by atoms with E-state index in [1.807, 2.05) is 24.6 Å². The molecule has 146 valence electrons. The molecule has 4 aromatic rings. The summed E-state index contributed by atoms with van der Waals surface area (Å²) >= 11 is 1.69. The summed E-state index contributed by atoms with van der Waals surface area (Å²) in [6.45, 7) is 3.13. The molecular formula is C20H18N6O2S. The van der Waals surface area contributed by atoms with E-state index in [2.05, 4.69) is 21.4 Å². The molecule has 0 saturated heterocycles. The third-order valence-corrected chi connectivity index (χ3v) is 5.75. The van der Waals surface area contributed by atoms with Crippen molar-refractivity contribution in [3.05, 3.63) is 57.5 Å². The lowest BCUT2D eigenvalue weighted by Gasteiger charge is -2.11. The molecule has 0 spiro atoms. The molecule has 5 rings (SSSR count). The number of carbonyl (C=O) groups excluding carboxylic acids is 1. The molecule has 0 aliphatic carbocycles. The van der Waals surface area contributed by atoms with Crippen LogP contribution in [0.5, 0.6) is 5.88 Å². The van der Waals surface area contributed by atoms with Gasteiger partial charge in [0.2, 0.25) is 5.88 Å². The zero-order chi connectivity index (χ0) is 20.0. The second-order valence-electron chi connectivity index (χ2n) is 6.74. The van der Waals surface area contributed by atoms with Crippen LogP contribution in [-0.4, -0.2) is 31.9 Å². The van der Waals surface area contributed by atoms with Crippen molar-refractivity contribution in [3.63, 3.8) is 0 Å². The second-order valence-corrected chi connectivity index (χ2v) is 7.77. The number of primary amides is 1. The standard InChI is InChI=1S/C20H18N6O2S/c1-11-15(26-7-2-5-13(16(21)27)19(26)23-11)18-24-17(14-6-8-28-20(14)25-18)22-10-12-4-3-9-29-12/h2-5,7,9H,6,8,10H2,1H3,(H2,21,27)(H,22,24,25). The van der Waals surface area contributed by atoms with Crippen molar-refractivity contribution in [2.75, 3.05) is 11.9 Å². The molecule has 5 heterocycles. The Kier molecular flexibility index (Phi) is 4.17. The third-order valence-electron chi connectivity index (χ3n) is 4.87. The van der Waals surface area contributed by atoms with E-state index in [-0.39, 0.29) is 0 Å². The number of carbonyl (C=O) groups is 1. The van der Waals surface area contributed by atoms with Crippen molar-refractivity contribution in [2.45, 2.75) is 19.9 Å². The van der Waals surface area contributed by atoms with Gasteiger partial charge >= 0.3 is 0 Å². The van der Waals surface area contributed by atoms with E-state index in [0.29, 0.717) is 47.5 Å². The number of fused-ring (bicyclic) bond motifs is 2. The maximum absolute atomic E-state index is 11.8. The van der Waals surface area contributed by atoms with Gasteiger partial charge in [0.25, 0.3) is 5.91 Å². The molecule has 9 heteroatoms. The van der Waals surface area contributed by atoms with Gasteiger partial charge in [0.1, 0.15) is 17.2 Å². The molecule has 0 radical (unpaired) electrons. The van der Waals surface area contributed by atoms with Crippen LogP contribution < -0.4 is 15.8 Å². The Labute approximate surface area is 170 Å². The summed E-state index contributed by atoms with van der Waals surface area (Å²) in [5.74, 6) is 1.31. The molecule has 1 aliphatic rings. The number of nitrogens with zero attached hydrogens (tertiary/aromatic N) is 4. The summed E-state index contributed by atoms with van der Waals surface area (Å²) in [7, 11) is 0. The number of imidazole rings is 1. The van der Waals surface area contributed by atoms with Gasteiger partial charge in [-0.2, -0.15) is 4.98 Å². The van der Waals surface area contributed by atoms with Gasteiger partial charge in [0, 0.05) is 17.5 Å². The Bertz CT molecular complexity index is 1230. The van der Waals surface area contributed by atoms with Crippen molar-refractivity contribution < 1.29 is 9.53 Å². The number of ether oxygens (including phenoxy) is 1. The molecule has 3 N–H and O–H groups in total. The predicted molar refractivity (Wildman–Crippen MR) is 110 cm³/mol. The highest BCUT2D eigenvalue weighted by Gasteiger charge is 2.24. The maximum Gasteiger partial charge on any atom is 0.252 e. The number of nitrogens with one attached hydrogen (secondary N) is 1. The highest BCUT2D eigenvalue weighted by Crippen LogP contribution is 2.33. The van der Waals surface area contributed by atoms with Gasteiger partial charge in [-0.3, -0.25) is 9.20 Å². The zero-order valence-electron chi connectivity index (χ0n) is 15.7. The molecule has 29 heavy (non-hydrogen) atoms. The van der Waals surface area contributed by atoms with Gasteiger partial charge in [-0.25, -0.2) is 9.97 Å². The lowest BCUT2D eigenvalue weighted by molar-refractivity contribution is 0.100. The number of amides is 1. The van der Waals surface area contributed by atoms with Crippen molar-refractivity contribution in [1.82, 2.24) is 19.4 Å². The molecule has 0 aromatic carbocycles. The highest BCUT2D eigenvalue weighted by molar-refractivity contribution is 7.09. The summed E-state index contributed by atoms with van der Waals surface area (Å²) in [6.07, 6.45) is 2.59. The van der Waals surface area contributed by atoms with E-state index in [0.717, 1.165) is 17.8 Å². The first-order chi connectivity index (χ1) is 14.1. The number of hydrogen-bond donors (Lipinski definition) is 2. The smallest absolute Gasteiger partial charge is 0.252 e. The molecule has 8 nitrogen and oxygen atoms in total. The number of aromatic nitrogens is 4. The zero-order valence-corrected chi connectivity index (χ0v) is 16.5. The van der Waals surface area contributed by atoms with Crippen LogP contribution in [0.1, 0.15) is 26.5 Å². The van der Waals surface area contributed by atoms with Crippen LogP contribution in [-0.2, 0) is 13.0 Å². The van der Waals surface area contributed by atoms with E-state index < -0.39 is 5.91 Å². The molecule has 0 fully saturated rings. The minimum absolute atomic E-state index is 0.357. The Morgan fingerprint density at radius 3 is 3.00 bits per heavy atom. The molecule has 0 atom stereocenters. The Hall–Kier alpha value is -3.46. The molecular weight excluding hydrogens is 388 g/mol. The quantitative estimate of drug-likeness (QED) is 0.528. The van der Waals surface area contributed by atoms with E-state index in [4.69, 9.17) is 15.5 Å². The molecule has 1 amide bonds. The summed E-state index contributed by atoms with van der Waals surface area (Å²) in [5, 5.41) is 5.47. The predicted octanol–water partition coefficient (Wildman–Crippen LogP) is 2.81. The van der Waals surface area contributed by atoms with Crippen LogP contribution in [0.3, 0.4) is 0 Å². The fourth-order valence-electron chi connectivity index (χ4n) is 3.54. The lowest BCUT2D eigenvalue weighted by atomic mass is 10.2. The number of aryl methyl sites for hydroxylation is 1. The molecule has 0 saturated carbocycles. The normalized spacial score (nSPS) is 12.7. The molecule has 0 unspecified atom stereocenters. The van der Waals surface area contributed by atoms with Crippen LogP contribution in [0.4, 0.5) is 5.82 Å². The van der Waals surface area contributed by atoms with E-state index >= 15 is 0 Å². The monoisotopic (exact) mass is 406 g/mol. The minimum atomic E-state index is -0.524. The second kappa shape index (κ2) is 6.85. The van der Waals surface area contributed by atoms with Gasteiger partial charge in [-0.05, 0) is 30.5 Å². The van der Waals surface area contributed by atoms with Crippen LogP contribution >= 0.6 is 11.3 Å². The van der Waals surface area contributed by atoms with E-state index in [9.17, 15) is 4.79 Å². The molecule has 1 aliphatic heterocycles. The van der Waals surface area contributed by atoms with Crippen molar-refractivity contribution >= 4 is 28.7 Å².